The molecule has 0 bridgehead atoms. The van der Waals surface area contributed by atoms with Gasteiger partial charge in [0.15, 0.2) is 0 Å². The summed E-state index contributed by atoms with van der Waals surface area (Å²) in [7, 11) is 0. The Morgan fingerprint density at radius 3 is 2.75 bits per heavy atom. The van der Waals surface area contributed by atoms with Crippen molar-refractivity contribution in [2.24, 2.45) is 0 Å². The van der Waals surface area contributed by atoms with Gasteiger partial charge in [0.1, 0.15) is 11.9 Å². The highest BCUT2D eigenvalue weighted by Gasteiger charge is 2.40. The zero-order valence-electron chi connectivity index (χ0n) is 19.3. The molecule has 1 aliphatic heterocycles. The van der Waals surface area contributed by atoms with Crippen LogP contribution < -0.4 is 15.5 Å². The Balaban J connectivity index is 1.09. The molecule has 0 radical (unpaired) electrons. The summed E-state index contributed by atoms with van der Waals surface area (Å²) in [5.74, 6) is -1.38. The Kier molecular flexibility index (Phi) is 6.42. The van der Waals surface area contributed by atoms with Gasteiger partial charge in [0, 0.05) is 6.54 Å². The van der Waals surface area contributed by atoms with Crippen molar-refractivity contribution in [3.63, 3.8) is 0 Å². The largest absolute Gasteiger partial charge is 0.356 e. The minimum absolute atomic E-state index is 0.183. The molecule has 1 fully saturated rings. The van der Waals surface area contributed by atoms with E-state index in [9.17, 15) is 18.8 Å². The molecule has 5 rings (SSSR count). The van der Waals surface area contributed by atoms with Crippen molar-refractivity contribution in [1.29, 1.82) is 0 Å². The number of nitrogens with one attached hydrogen (secondary N) is 2. The quantitative estimate of drug-likeness (QED) is 0.279. The van der Waals surface area contributed by atoms with E-state index >= 15 is 0 Å². The van der Waals surface area contributed by atoms with Gasteiger partial charge in [0.25, 0.3) is 5.91 Å². The number of hydrogen-bond donors (Lipinski definition) is 2. The number of fused-ring (bicyclic) bond motifs is 1. The molecule has 2 aromatic heterocycles. The first kappa shape index (κ1) is 23.5. The zero-order valence-corrected chi connectivity index (χ0v) is 20.1. The predicted octanol–water partition coefficient (Wildman–Crippen LogP) is 2.89. The zero-order chi connectivity index (χ0) is 25.2. The molecule has 36 heavy (non-hydrogen) atoms. The van der Waals surface area contributed by atoms with Crippen LogP contribution in [0, 0.1) is 12.7 Å². The lowest BCUT2D eigenvalue weighted by molar-refractivity contribution is -0.125. The van der Waals surface area contributed by atoms with E-state index in [4.69, 9.17) is 0 Å². The normalized spacial score (nSPS) is 15.5. The monoisotopic (exact) mass is 507 g/mol. The van der Waals surface area contributed by atoms with E-state index in [1.54, 1.807) is 16.0 Å². The van der Waals surface area contributed by atoms with Crippen molar-refractivity contribution in [2.75, 3.05) is 11.4 Å². The van der Waals surface area contributed by atoms with Gasteiger partial charge >= 0.3 is 6.03 Å². The predicted molar refractivity (Wildman–Crippen MR) is 131 cm³/mol. The average Bonchev–Trinajstić information content (AvgIpc) is 3.54. The first-order valence-electron chi connectivity index (χ1n) is 11.3. The molecule has 2 N–H and O–H groups in total. The summed E-state index contributed by atoms with van der Waals surface area (Å²) in [6.07, 6.45) is 2.91. The second-order valence-electron chi connectivity index (χ2n) is 8.35. The van der Waals surface area contributed by atoms with E-state index < -0.39 is 23.8 Å². The van der Waals surface area contributed by atoms with Gasteiger partial charge in [-0.15, -0.1) is 16.4 Å². The molecule has 12 heteroatoms. The van der Waals surface area contributed by atoms with Gasteiger partial charge in [-0.1, -0.05) is 5.21 Å². The number of aromatic nitrogens is 4. The third-order valence-corrected chi connectivity index (χ3v) is 6.64. The molecule has 0 saturated carbocycles. The number of nitrogens with zero attached hydrogens (tertiary/aromatic N) is 5. The third kappa shape index (κ3) is 4.93. The summed E-state index contributed by atoms with van der Waals surface area (Å²) < 4.78 is 15.9. The lowest BCUT2D eigenvalue weighted by Gasteiger charge is -2.13. The maximum absolute atomic E-state index is 13.1. The van der Waals surface area contributed by atoms with Crippen molar-refractivity contribution in [3.05, 3.63) is 65.2 Å². The molecule has 3 heterocycles. The molecule has 1 saturated heterocycles. The highest BCUT2D eigenvalue weighted by atomic mass is 32.1. The Morgan fingerprint density at radius 1 is 1.17 bits per heavy atom. The molecule has 2 aromatic carbocycles. The fourth-order valence-corrected chi connectivity index (χ4v) is 4.83. The summed E-state index contributed by atoms with van der Waals surface area (Å²) in [6, 6.07) is 9.32. The lowest BCUT2D eigenvalue weighted by Crippen LogP contribution is -2.37. The number of urea groups is 1. The Morgan fingerprint density at radius 2 is 1.94 bits per heavy atom. The number of anilines is 1. The summed E-state index contributed by atoms with van der Waals surface area (Å²) in [5.41, 5.74) is 2.89. The van der Waals surface area contributed by atoms with Gasteiger partial charge in [-0.25, -0.2) is 23.8 Å². The van der Waals surface area contributed by atoms with E-state index in [1.807, 2.05) is 31.3 Å². The highest BCUT2D eigenvalue weighted by Crippen LogP contribution is 2.24. The molecular formula is C24H22FN7O3S. The Labute approximate surface area is 209 Å². The van der Waals surface area contributed by atoms with Crippen LogP contribution in [0.1, 0.15) is 23.5 Å². The molecule has 10 nitrogen and oxygen atoms in total. The molecule has 0 spiro atoms. The standard InChI is InChI=1S/C24H22FN7O3S/c1-14-27-19-9-8-18(11-21(19)36-14)31-13-16(29-30-31)3-2-10-26-22(33)12-20-23(34)32(24(35)28-20)17-6-4-15(25)5-7-17/h4-9,11,13,20H,2-3,10,12H2,1H3,(H,26,33)(H,28,35). The van der Waals surface area contributed by atoms with Crippen LogP contribution in [-0.2, 0) is 16.0 Å². The molecule has 1 aliphatic rings. The lowest BCUT2D eigenvalue weighted by atomic mass is 10.2. The summed E-state index contributed by atoms with van der Waals surface area (Å²) in [4.78, 5) is 42.5. The summed E-state index contributed by atoms with van der Waals surface area (Å²) in [5, 5.41) is 14.7. The first-order valence-corrected chi connectivity index (χ1v) is 12.1. The molecule has 1 atom stereocenters. The number of carbonyl (C=O) groups excluding carboxylic acids is 3. The van der Waals surface area contributed by atoms with Crippen LogP contribution in [0.4, 0.5) is 14.9 Å². The average molecular weight is 508 g/mol. The number of hydrogen-bond acceptors (Lipinski definition) is 7. The number of thiazole rings is 1. The van der Waals surface area contributed by atoms with Gasteiger partial charge in [-0.05, 0) is 62.2 Å². The minimum atomic E-state index is -0.970. The highest BCUT2D eigenvalue weighted by molar-refractivity contribution is 7.18. The van der Waals surface area contributed by atoms with Gasteiger partial charge in [0.2, 0.25) is 5.91 Å². The van der Waals surface area contributed by atoms with Crippen LogP contribution >= 0.6 is 11.3 Å². The number of amides is 4. The smallest absolute Gasteiger partial charge is 0.329 e. The Hall–Kier alpha value is -4.19. The van der Waals surface area contributed by atoms with Gasteiger partial charge in [0.05, 0.1) is 44.9 Å². The second-order valence-corrected chi connectivity index (χ2v) is 9.58. The molecule has 4 amide bonds. The number of imide groups is 1. The summed E-state index contributed by atoms with van der Waals surface area (Å²) >= 11 is 1.62. The molecule has 0 aliphatic carbocycles. The van der Waals surface area contributed by atoms with Crippen LogP contribution in [0.15, 0.2) is 48.7 Å². The van der Waals surface area contributed by atoms with Gasteiger partial charge in [-0.2, -0.15) is 0 Å². The van der Waals surface area contributed by atoms with E-state index in [0.717, 1.165) is 43.6 Å². The van der Waals surface area contributed by atoms with E-state index in [2.05, 4.69) is 25.9 Å². The third-order valence-electron chi connectivity index (χ3n) is 5.71. The van der Waals surface area contributed by atoms with Crippen molar-refractivity contribution in [3.8, 4) is 5.69 Å². The Bertz CT molecular complexity index is 1450. The number of aryl methyl sites for hydroxylation is 2. The molecule has 184 valence electrons. The fraction of sp³-hybridized carbons (Fsp3) is 0.250. The van der Waals surface area contributed by atoms with Crippen molar-refractivity contribution < 1.29 is 18.8 Å². The number of carbonyl (C=O) groups is 3. The molecular weight excluding hydrogens is 485 g/mol. The molecule has 4 aromatic rings. The van der Waals surface area contributed by atoms with Crippen LogP contribution in [0.3, 0.4) is 0 Å². The summed E-state index contributed by atoms with van der Waals surface area (Å²) in [6.45, 7) is 2.36. The van der Waals surface area contributed by atoms with Crippen molar-refractivity contribution in [2.45, 2.75) is 32.2 Å². The van der Waals surface area contributed by atoms with E-state index in [0.29, 0.717) is 19.4 Å². The van der Waals surface area contributed by atoms with E-state index in [-0.39, 0.29) is 18.0 Å². The van der Waals surface area contributed by atoms with Crippen LogP contribution in [0.25, 0.3) is 15.9 Å². The number of rotatable bonds is 8. The van der Waals surface area contributed by atoms with Crippen LogP contribution in [-0.4, -0.2) is 50.4 Å². The topological polar surface area (TPSA) is 122 Å². The fourth-order valence-electron chi connectivity index (χ4n) is 3.97. The minimum Gasteiger partial charge on any atom is -0.356 e. The van der Waals surface area contributed by atoms with Gasteiger partial charge < -0.3 is 10.6 Å². The number of halogens is 1. The first-order chi connectivity index (χ1) is 17.4. The van der Waals surface area contributed by atoms with Crippen LogP contribution in [0.5, 0.6) is 0 Å². The maximum atomic E-state index is 13.1. The second kappa shape index (κ2) is 9.82. The van der Waals surface area contributed by atoms with Crippen LogP contribution in [0.2, 0.25) is 0 Å². The van der Waals surface area contributed by atoms with Crippen molar-refractivity contribution in [1.82, 2.24) is 30.6 Å². The van der Waals surface area contributed by atoms with Crippen molar-refractivity contribution >= 4 is 45.1 Å². The van der Waals surface area contributed by atoms with E-state index in [1.165, 1.54) is 12.1 Å². The SMILES string of the molecule is Cc1nc2ccc(-n3cc(CCCNC(=O)CC4NC(=O)N(c5ccc(F)cc5)C4=O)nn3)cc2s1. The maximum Gasteiger partial charge on any atom is 0.329 e. The molecule has 1 unspecified atom stereocenters. The number of benzene rings is 2. The van der Waals surface area contributed by atoms with Gasteiger partial charge in [-0.3, -0.25) is 9.59 Å².